The van der Waals surface area contributed by atoms with Crippen molar-refractivity contribution in [1.29, 1.82) is 0 Å². The molecule has 8 nitrogen and oxygen atoms in total. The fourth-order valence-corrected chi connectivity index (χ4v) is 4.63. The molecule has 1 heterocycles. The molecule has 0 radical (unpaired) electrons. The summed E-state index contributed by atoms with van der Waals surface area (Å²) in [5.41, 5.74) is 1.11. The van der Waals surface area contributed by atoms with Gasteiger partial charge in [0.1, 0.15) is 5.75 Å². The van der Waals surface area contributed by atoms with Crippen LogP contribution in [0.2, 0.25) is 0 Å². The predicted octanol–water partition coefficient (Wildman–Crippen LogP) is 1.01. The maximum Gasteiger partial charge on any atom is 0.222 e. The van der Waals surface area contributed by atoms with Crippen LogP contribution in [0.25, 0.3) is 0 Å². The second kappa shape index (κ2) is 11.4. The van der Waals surface area contributed by atoms with Gasteiger partial charge < -0.3 is 20.3 Å². The van der Waals surface area contributed by atoms with E-state index in [1.165, 1.54) is 0 Å². The number of nitrogens with zero attached hydrogens (tertiary/aromatic N) is 2. The Kier molecular flexibility index (Phi) is 10.0. The molecule has 1 saturated heterocycles. The first-order valence-corrected chi connectivity index (χ1v) is 10.7. The molecule has 1 fully saturated rings. The number of aliphatic imine (C=N–C) groups is 1. The average molecular weight is 524 g/mol. The van der Waals surface area contributed by atoms with E-state index in [4.69, 9.17) is 4.74 Å². The Hall–Kier alpha value is -1.56. The third-order valence-electron chi connectivity index (χ3n) is 4.38. The molecule has 2 N–H and O–H groups in total. The zero-order valence-corrected chi connectivity index (χ0v) is 19.6. The van der Waals surface area contributed by atoms with Crippen LogP contribution in [0, 0.1) is 0 Å². The number of hydrogen-bond acceptors (Lipinski definition) is 5. The molecule has 0 bridgehead atoms. The number of carbonyl (C=O) groups excluding carboxylic acids is 1. The number of carbonyl (C=O) groups is 1. The first-order chi connectivity index (χ1) is 12.8. The monoisotopic (exact) mass is 524 g/mol. The van der Waals surface area contributed by atoms with Crippen LogP contribution in [0.4, 0.5) is 0 Å². The van der Waals surface area contributed by atoms with Gasteiger partial charge in [0.25, 0.3) is 0 Å². The van der Waals surface area contributed by atoms with Crippen molar-refractivity contribution < 1.29 is 17.9 Å². The average Bonchev–Trinajstić information content (AvgIpc) is 2.97. The molecular formula is C18H29IN4O4S. The van der Waals surface area contributed by atoms with Gasteiger partial charge in [0, 0.05) is 39.6 Å². The van der Waals surface area contributed by atoms with Crippen molar-refractivity contribution in [2.24, 2.45) is 4.99 Å². The minimum atomic E-state index is -2.99. The minimum absolute atomic E-state index is 0. The number of nitrogens with one attached hydrogen (secondary N) is 2. The molecule has 28 heavy (non-hydrogen) atoms. The quantitative estimate of drug-likeness (QED) is 0.314. The van der Waals surface area contributed by atoms with Gasteiger partial charge in [-0.1, -0.05) is 12.1 Å². The van der Waals surface area contributed by atoms with E-state index in [0.29, 0.717) is 25.5 Å². The standard InChI is InChI=1S/C18H28N4O4S.HI/c1-19-18(22(2)12-14-4-6-16(26-3)7-5-14)20-10-8-17(23)21-15-9-11-27(24,25)13-15;/h4-7,15H,8-13H2,1-3H3,(H,19,20)(H,21,23);1H. The molecule has 1 unspecified atom stereocenters. The molecule has 1 aliphatic heterocycles. The molecule has 0 spiro atoms. The normalized spacial score (nSPS) is 18.1. The van der Waals surface area contributed by atoms with Crippen LogP contribution < -0.4 is 15.4 Å². The summed E-state index contributed by atoms with van der Waals surface area (Å²) in [7, 11) is 2.26. The van der Waals surface area contributed by atoms with Crippen molar-refractivity contribution in [3.05, 3.63) is 29.8 Å². The van der Waals surface area contributed by atoms with Gasteiger partial charge in [-0.15, -0.1) is 24.0 Å². The molecule has 0 aliphatic carbocycles. The van der Waals surface area contributed by atoms with E-state index >= 15 is 0 Å². The van der Waals surface area contributed by atoms with Crippen LogP contribution in [0.15, 0.2) is 29.3 Å². The maximum atomic E-state index is 12.0. The van der Waals surface area contributed by atoms with Gasteiger partial charge in [-0.25, -0.2) is 8.42 Å². The van der Waals surface area contributed by atoms with Crippen LogP contribution in [0.5, 0.6) is 5.75 Å². The summed E-state index contributed by atoms with van der Waals surface area (Å²) in [4.78, 5) is 18.2. The fourth-order valence-electron chi connectivity index (χ4n) is 2.96. The van der Waals surface area contributed by atoms with Crippen molar-refractivity contribution in [2.45, 2.75) is 25.4 Å². The molecule has 1 aromatic carbocycles. The molecule has 1 atom stereocenters. The van der Waals surface area contributed by atoms with E-state index in [-0.39, 0.29) is 53.9 Å². The third kappa shape index (κ3) is 7.82. The van der Waals surface area contributed by atoms with Gasteiger partial charge in [0.2, 0.25) is 5.91 Å². The summed E-state index contributed by atoms with van der Waals surface area (Å²) in [6, 6.07) is 7.54. The number of amides is 1. The van der Waals surface area contributed by atoms with Crippen LogP contribution in [-0.4, -0.2) is 70.5 Å². The number of hydrogen-bond donors (Lipinski definition) is 2. The molecule has 0 aromatic heterocycles. The number of rotatable bonds is 7. The molecule has 1 aliphatic rings. The number of methoxy groups -OCH3 is 1. The lowest BCUT2D eigenvalue weighted by molar-refractivity contribution is -0.121. The molecule has 158 valence electrons. The Morgan fingerprint density at radius 1 is 1.32 bits per heavy atom. The summed E-state index contributed by atoms with van der Waals surface area (Å²) < 4.78 is 28.0. The van der Waals surface area contributed by atoms with E-state index < -0.39 is 9.84 Å². The van der Waals surface area contributed by atoms with Crippen LogP contribution >= 0.6 is 24.0 Å². The Morgan fingerprint density at radius 3 is 2.54 bits per heavy atom. The highest BCUT2D eigenvalue weighted by atomic mass is 127. The Balaban J connectivity index is 0.00000392. The summed E-state index contributed by atoms with van der Waals surface area (Å²) >= 11 is 0. The van der Waals surface area contributed by atoms with Gasteiger partial charge in [0.05, 0.1) is 18.6 Å². The zero-order chi connectivity index (χ0) is 19.9. The minimum Gasteiger partial charge on any atom is -0.497 e. The van der Waals surface area contributed by atoms with Crippen LogP contribution in [0.3, 0.4) is 0 Å². The first-order valence-electron chi connectivity index (χ1n) is 8.87. The lowest BCUT2D eigenvalue weighted by Crippen LogP contribution is -2.41. The highest BCUT2D eigenvalue weighted by Gasteiger charge is 2.28. The lowest BCUT2D eigenvalue weighted by atomic mass is 10.2. The first kappa shape index (κ1) is 24.5. The second-order valence-corrected chi connectivity index (χ2v) is 8.82. The van der Waals surface area contributed by atoms with Gasteiger partial charge >= 0.3 is 0 Å². The van der Waals surface area contributed by atoms with Crippen LogP contribution in [-0.2, 0) is 21.2 Å². The van der Waals surface area contributed by atoms with E-state index in [1.54, 1.807) is 14.2 Å². The smallest absolute Gasteiger partial charge is 0.222 e. The van der Waals surface area contributed by atoms with Gasteiger partial charge in [-0.05, 0) is 24.1 Å². The van der Waals surface area contributed by atoms with Gasteiger partial charge in [-0.3, -0.25) is 9.79 Å². The number of guanidine groups is 1. The molecule has 1 amide bonds. The van der Waals surface area contributed by atoms with Crippen molar-refractivity contribution in [3.8, 4) is 5.75 Å². The number of halogens is 1. The second-order valence-electron chi connectivity index (χ2n) is 6.60. The lowest BCUT2D eigenvalue weighted by Gasteiger charge is -2.22. The highest BCUT2D eigenvalue weighted by molar-refractivity contribution is 14.0. The largest absolute Gasteiger partial charge is 0.497 e. The van der Waals surface area contributed by atoms with Crippen molar-refractivity contribution in [2.75, 3.05) is 39.3 Å². The summed E-state index contributed by atoms with van der Waals surface area (Å²) in [6.07, 6.45) is 0.750. The molecular weight excluding hydrogens is 495 g/mol. The fraction of sp³-hybridized carbons (Fsp3) is 0.556. The summed E-state index contributed by atoms with van der Waals surface area (Å²) in [6.45, 7) is 1.08. The third-order valence-corrected chi connectivity index (χ3v) is 6.15. The van der Waals surface area contributed by atoms with Crippen LogP contribution in [0.1, 0.15) is 18.4 Å². The zero-order valence-electron chi connectivity index (χ0n) is 16.5. The van der Waals surface area contributed by atoms with Crippen molar-refractivity contribution >= 4 is 45.7 Å². The topological polar surface area (TPSA) is 100 Å². The predicted molar refractivity (Wildman–Crippen MR) is 121 cm³/mol. The summed E-state index contributed by atoms with van der Waals surface area (Å²) in [5, 5.41) is 5.94. The molecule has 0 saturated carbocycles. The summed E-state index contributed by atoms with van der Waals surface area (Å²) in [5.74, 6) is 1.53. The van der Waals surface area contributed by atoms with E-state index in [0.717, 1.165) is 11.3 Å². The molecule has 2 rings (SSSR count). The van der Waals surface area contributed by atoms with E-state index in [9.17, 15) is 13.2 Å². The number of ether oxygens (including phenoxy) is 1. The number of sulfone groups is 1. The van der Waals surface area contributed by atoms with E-state index in [2.05, 4.69) is 15.6 Å². The SMILES string of the molecule is CN=C(NCCC(=O)NC1CCS(=O)(=O)C1)N(C)Cc1ccc(OC)cc1.I. The van der Waals surface area contributed by atoms with Gasteiger partial charge in [-0.2, -0.15) is 0 Å². The van der Waals surface area contributed by atoms with Crippen molar-refractivity contribution in [1.82, 2.24) is 15.5 Å². The van der Waals surface area contributed by atoms with E-state index in [1.807, 2.05) is 36.2 Å². The molecule has 10 heteroatoms. The maximum absolute atomic E-state index is 12.0. The van der Waals surface area contributed by atoms with Gasteiger partial charge in [0.15, 0.2) is 15.8 Å². The Morgan fingerprint density at radius 2 is 2.00 bits per heavy atom. The number of benzene rings is 1. The molecule has 1 aromatic rings. The Labute approximate surface area is 184 Å². The highest BCUT2D eigenvalue weighted by Crippen LogP contribution is 2.13. The van der Waals surface area contributed by atoms with Crippen molar-refractivity contribution in [3.63, 3.8) is 0 Å². The Bertz CT molecular complexity index is 768.